The first-order valence-electron chi connectivity index (χ1n) is 14.5. The summed E-state index contributed by atoms with van der Waals surface area (Å²) in [5, 5.41) is 15.6. The van der Waals surface area contributed by atoms with Crippen molar-refractivity contribution in [2.24, 2.45) is 0 Å². The first-order chi connectivity index (χ1) is 20.3. The maximum Gasteiger partial charge on any atom is 0.408 e. The number of para-hydroxylation sites is 1. The third-order valence-corrected chi connectivity index (χ3v) is 7.08. The molecular formula is C35H43N3O5. The lowest BCUT2D eigenvalue weighted by Gasteiger charge is -2.38. The van der Waals surface area contributed by atoms with E-state index in [1.165, 1.54) is 12.1 Å². The van der Waals surface area contributed by atoms with Crippen molar-refractivity contribution in [1.29, 1.82) is 0 Å². The summed E-state index contributed by atoms with van der Waals surface area (Å²) < 4.78 is 5.51. The number of ether oxygens (including phenoxy) is 1. The molecule has 228 valence electrons. The summed E-state index contributed by atoms with van der Waals surface area (Å²) in [5.74, 6) is -0.741. The Morgan fingerprint density at radius 2 is 1.70 bits per heavy atom. The number of aryl methyl sites for hydroxylation is 1. The van der Waals surface area contributed by atoms with Crippen LogP contribution in [0.1, 0.15) is 69.3 Å². The predicted molar refractivity (Wildman–Crippen MR) is 171 cm³/mol. The van der Waals surface area contributed by atoms with E-state index in [1.807, 2.05) is 69.3 Å². The summed E-state index contributed by atoms with van der Waals surface area (Å²) >= 11 is 0. The predicted octanol–water partition coefficient (Wildman–Crippen LogP) is 6.79. The molecule has 43 heavy (non-hydrogen) atoms. The molecule has 3 aromatic rings. The fraction of sp³-hybridized carbons (Fsp3) is 0.343. The van der Waals surface area contributed by atoms with E-state index in [-0.39, 0.29) is 24.1 Å². The van der Waals surface area contributed by atoms with Gasteiger partial charge in [0.15, 0.2) is 0 Å². The van der Waals surface area contributed by atoms with Crippen LogP contribution >= 0.6 is 0 Å². The van der Waals surface area contributed by atoms with Crippen LogP contribution in [0.3, 0.4) is 0 Å². The topological polar surface area (TPSA) is 108 Å². The Morgan fingerprint density at radius 3 is 2.30 bits per heavy atom. The summed E-state index contributed by atoms with van der Waals surface area (Å²) in [7, 11) is 0. The van der Waals surface area contributed by atoms with Crippen LogP contribution in [-0.2, 0) is 20.7 Å². The molecule has 0 radical (unpaired) electrons. The van der Waals surface area contributed by atoms with Gasteiger partial charge in [0.2, 0.25) is 5.91 Å². The van der Waals surface area contributed by atoms with Crippen LogP contribution in [0.5, 0.6) is 5.75 Å². The van der Waals surface area contributed by atoms with Crippen molar-refractivity contribution in [2.45, 2.75) is 78.1 Å². The molecule has 3 atom stereocenters. The number of alkyl carbamates (subject to hydrolysis) is 1. The second-order valence-corrected chi connectivity index (χ2v) is 11.7. The van der Waals surface area contributed by atoms with Crippen molar-refractivity contribution in [3.63, 3.8) is 0 Å². The Hall–Kier alpha value is -4.59. The lowest BCUT2D eigenvalue weighted by Crippen LogP contribution is -2.55. The monoisotopic (exact) mass is 585 g/mol. The fourth-order valence-corrected chi connectivity index (χ4v) is 4.70. The highest BCUT2D eigenvalue weighted by atomic mass is 16.6. The molecule has 0 aromatic heterocycles. The summed E-state index contributed by atoms with van der Waals surface area (Å²) in [6.07, 6.45) is 1.61. The zero-order chi connectivity index (χ0) is 31.7. The van der Waals surface area contributed by atoms with Crippen LogP contribution in [0.4, 0.5) is 10.5 Å². The number of hydrogen-bond donors (Lipinski definition) is 3. The first-order valence-corrected chi connectivity index (χ1v) is 14.5. The molecule has 3 rings (SSSR count). The number of nitrogens with one attached hydrogen (secondary N) is 2. The van der Waals surface area contributed by atoms with Gasteiger partial charge in [-0.2, -0.15) is 0 Å². The van der Waals surface area contributed by atoms with Gasteiger partial charge in [0.05, 0.1) is 0 Å². The number of carbonyl (C=O) groups excluding carboxylic acids is 3. The van der Waals surface area contributed by atoms with Crippen LogP contribution in [0.15, 0.2) is 79.4 Å². The van der Waals surface area contributed by atoms with Crippen LogP contribution in [0.2, 0.25) is 0 Å². The van der Waals surface area contributed by atoms with E-state index < -0.39 is 29.7 Å². The molecule has 0 aliphatic carbocycles. The lowest BCUT2D eigenvalue weighted by atomic mass is 9.96. The Balaban J connectivity index is 2.12. The number of phenolic OH excluding ortho intramolecular Hbond substituents is 1. The van der Waals surface area contributed by atoms with Gasteiger partial charge in [0.25, 0.3) is 5.91 Å². The number of carbonyl (C=O) groups is 3. The molecule has 0 spiro atoms. The molecule has 0 saturated heterocycles. The third-order valence-electron chi connectivity index (χ3n) is 7.08. The van der Waals surface area contributed by atoms with E-state index in [1.54, 1.807) is 43.9 Å². The number of benzene rings is 3. The van der Waals surface area contributed by atoms with Crippen LogP contribution < -0.4 is 10.6 Å². The highest BCUT2D eigenvalue weighted by molar-refractivity contribution is 5.99. The van der Waals surface area contributed by atoms with Gasteiger partial charge in [0, 0.05) is 18.2 Å². The van der Waals surface area contributed by atoms with Gasteiger partial charge in [-0.3, -0.25) is 9.59 Å². The molecule has 0 heterocycles. The van der Waals surface area contributed by atoms with Gasteiger partial charge in [-0.25, -0.2) is 4.79 Å². The first kappa shape index (κ1) is 32.9. The quantitative estimate of drug-likeness (QED) is 0.230. The number of aromatic hydroxyl groups is 1. The average Bonchev–Trinajstić information content (AvgIpc) is 2.96. The van der Waals surface area contributed by atoms with Crippen molar-refractivity contribution in [3.8, 4) is 5.75 Å². The SMILES string of the molecule is C=Cc1cccc(C(C(=O)Nc2ccccc2C)N(C(=O)C(Cc2ccc(O)cc2)NC(=O)OC(C)(C)C)C(C)CC)c1. The maximum absolute atomic E-state index is 14.6. The smallest absolute Gasteiger partial charge is 0.408 e. The maximum atomic E-state index is 14.6. The van der Waals surface area contributed by atoms with E-state index in [9.17, 15) is 19.5 Å². The van der Waals surface area contributed by atoms with Crippen LogP contribution in [0, 0.1) is 6.92 Å². The highest BCUT2D eigenvalue weighted by Crippen LogP contribution is 2.29. The molecule has 0 aliphatic heterocycles. The summed E-state index contributed by atoms with van der Waals surface area (Å²) in [6.45, 7) is 14.8. The fourth-order valence-electron chi connectivity index (χ4n) is 4.70. The lowest BCUT2D eigenvalue weighted by molar-refractivity contribution is -0.143. The number of phenols is 1. The summed E-state index contributed by atoms with van der Waals surface area (Å²) in [6, 6.07) is 18.8. The average molecular weight is 586 g/mol. The van der Waals surface area contributed by atoms with E-state index in [0.29, 0.717) is 23.2 Å². The van der Waals surface area contributed by atoms with Gasteiger partial charge in [-0.05, 0) is 87.6 Å². The minimum Gasteiger partial charge on any atom is -0.508 e. The minimum absolute atomic E-state index is 0.0861. The van der Waals surface area contributed by atoms with Gasteiger partial charge in [-0.1, -0.05) is 68.1 Å². The molecule has 0 saturated carbocycles. The largest absolute Gasteiger partial charge is 0.508 e. The van der Waals surface area contributed by atoms with Gasteiger partial charge < -0.3 is 25.4 Å². The molecule has 8 heteroatoms. The number of hydrogen-bond acceptors (Lipinski definition) is 5. The van der Waals surface area contributed by atoms with Crippen molar-refractivity contribution in [1.82, 2.24) is 10.2 Å². The van der Waals surface area contributed by atoms with E-state index in [4.69, 9.17) is 4.74 Å². The molecule has 3 amide bonds. The third kappa shape index (κ3) is 9.20. The van der Waals surface area contributed by atoms with Crippen molar-refractivity contribution in [2.75, 3.05) is 5.32 Å². The van der Waals surface area contributed by atoms with E-state index >= 15 is 0 Å². The zero-order valence-electron chi connectivity index (χ0n) is 25.9. The Bertz CT molecular complexity index is 1430. The zero-order valence-corrected chi connectivity index (χ0v) is 25.9. The van der Waals surface area contributed by atoms with Gasteiger partial charge in [0.1, 0.15) is 23.4 Å². The Labute approximate surface area is 254 Å². The molecule has 0 bridgehead atoms. The van der Waals surface area contributed by atoms with Crippen LogP contribution in [-0.4, -0.2) is 45.6 Å². The minimum atomic E-state index is -1.07. The standard InChI is InChI=1S/C35H43N3O5/c1-8-24(4)38(33(41)30(37-34(42)43-35(5,6)7)22-26-17-19-28(39)20-18-26)31(27-15-12-14-25(9-2)21-27)32(40)36-29-16-11-10-13-23(29)3/h9-21,24,30-31,39H,2,8,22H2,1,3-7H3,(H,36,40)(H,37,42). The molecular weight excluding hydrogens is 542 g/mol. The Kier molecular flexibility index (Phi) is 11.1. The molecule has 3 N–H and O–H groups in total. The summed E-state index contributed by atoms with van der Waals surface area (Å²) in [5.41, 5.74) is 2.86. The number of amides is 3. The molecule has 3 aromatic carbocycles. The normalized spacial score (nSPS) is 13.3. The molecule has 3 unspecified atom stereocenters. The van der Waals surface area contributed by atoms with Crippen molar-refractivity contribution in [3.05, 3.63) is 102 Å². The molecule has 0 aliphatic rings. The highest BCUT2D eigenvalue weighted by Gasteiger charge is 2.39. The number of nitrogens with zero attached hydrogens (tertiary/aromatic N) is 1. The van der Waals surface area contributed by atoms with Crippen LogP contribution in [0.25, 0.3) is 6.08 Å². The van der Waals surface area contributed by atoms with Crippen molar-refractivity contribution >= 4 is 29.7 Å². The summed E-state index contributed by atoms with van der Waals surface area (Å²) in [4.78, 5) is 43.3. The molecule has 0 fully saturated rings. The molecule has 8 nitrogen and oxygen atoms in total. The second kappa shape index (κ2) is 14.5. The van der Waals surface area contributed by atoms with E-state index in [2.05, 4.69) is 17.2 Å². The van der Waals surface area contributed by atoms with Crippen molar-refractivity contribution < 1.29 is 24.2 Å². The second-order valence-electron chi connectivity index (χ2n) is 11.7. The number of anilines is 1. The van der Waals surface area contributed by atoms with Gasteiger partial charge >= 0.3 is 6.09 Å². The number of rotatable bonds is 11. The Morgan fingerprint density at radius 1 is 1.02 bits per heavy atom. The van der Waals surface area contributed by atoms with E-state index in [0.717, 1.165) is 11.1 Å². The van der Waals surface area contributed by atoms with Gasteiger partial charge in [-0.15, -0.1) is 0 Å².